The minimum absolute atomic E-state index is 0.168. The minimum atomic E-state index is -0.168. The standard InChI is InChI=1S/C23H26N4O/c1-27(2)22-12-10-20(11-13-22)26-23(28)19-15-21(17-24-16-19)25-14-6-9-18-7-4-3-5-8-18/h3-5,7-8,10-13,15-17,25H,6,9,14H2,1-2H3,(H,26,28). The van der Waals surface area contributed by atoms with Crippen LogP contribution in [-0.4, -0.2) is 31.5 Å². The highest BCUT2D eigenvalue weighted by atomic mass is 16.1. The second kappa shape index (κ2) is 9.55. The van der Waals surface area contributed by atoms with Crippen molar-refractivity contribution in [2.75, 3.05) is 36.2 Å². The number of amides is 1. The molecule has 0 aliphatic heterocycles. The summed E-state index contributed by atoms with van der Waals surface area (Å²) in [6, 6.07) is 20.0. The van der Waals surface area contributed by atoms with E-state index in [0.717, 1.165) is 36.4 Å². The Morgan fingerprint density at radius 3 is 2.43 bits per heavy atom. The highest BCUT2D eigenvalue weighted by molar-refractivity contribution is 6.04. The van der Waals surface area contributed by atoms with Crippen molar-refractivity contribution in [1.82, 2.24) is 4.98 Å². The zero-order valence-corrected chi connectivity index (χ0v) is 16.4. The second-order valence-corrected chi connectivity index (χ2v) is 6.87. The molecule has 3 aromatic rings. The van der Waals surface area contributed by atoms with Gasteiger partial charge in [0, 0.05) is 44.4 Å². The normalized spacial score (nSPS) is 10.4. The van der Waals surface area contributed by atoms with E-state index in [0.29, 0.717) is 5.56 Å². The van der Waals surface area contributed by atoms with Gasteiger partial charge in [-0.15, -0.1) is 0 Å². The summed E-state index contributed by atoms with van der Waals surface area (Å²) in [5.74, 6) is -0.168. The number of pyridine rings is 1. The number of aromatic nitrogens is 1. The summed E-state index contributed by atoms with van der Waals surface area (Å²) in [6.07, 6.45) is 5.35. The van der Waals surface area contributed by atoms with Crippen molar-refractivity contribution in [3.8, 4) is 0 Å². The number of hydrogen-bond acceptors (Lipinski definition) is 4. The summed E-state index contributed by atoms with van der Waals surface area (Å²) in [7, 11) is 3.97. The molecule has 0 aliphatic rings. The van der Waals surface area contributed by atoms with Crippen LogP contribution in [0.1, 0.15) is 22.3 Å². The van der Waals surface area contributed by atoms with Crippen LogP contribution in [-0.2, 0) is 6.42 Å². The summed E-state index contributed by atoms with van der Waals surface area (Å²) in [5.41, 5.74) is 4.56. The van der Waals surface area contributed by atoms with Crippen LogP contribution < -0.4 is 15.5 Å². The quantitative estimate of drug-likeness (QED) is 0.572. The number of nitrogens with zero attached hydrogens (tertiary/aromatic N) is 2. The van der Waals surface area contributed by atoms with Gasteiger partial charge in [0.15, 0.2) is 0 Å². The zero-order chi connectivity index (χ0) is 19.8. The van der Waals surface area contributed by atoms with Gasteiger partial charge in [0.25, 0.3) is 5.91 Å². The molecule has 1 amide bonds. The summed E-state index contributed by atoms with van der Waals surface area (Å²) in [5, 5.41) is 6.26. The van der Waals surface area contributed by atoms with Crippen molar-refractivity contribution in [3.05, 3.63) is 84.2 Å². The van der Waals surface area contributed by atoms with Crippen molar-refractivity contribution in [3.63, 3.8) is 0 Å². The molecule has 0 saturated heterocycles. The Hall–Kier alpha value is -3.34. The highest BCUT2D eigenvalue weighted by Crippen LogP contribution is 2.17. The maximum Gasteiger partial charge on any atom is 0.257 e. The topological polar surface area (TPSA) is 57.3 Å². The maximum absolute atomic E-state index is 12.5. The van der Waals surface area contributed by atoms with Gasteiger partial charge in [0.2, 0.25) is 0 Å². The first-order chi connectivity index (χ1) is 13.6. The van der Waals surface area contributed by atoms with E-state index in [1.54, 1.807) is 12.4 Å². The Morgan fingerprint density at radius 2 is 1.71 bits per heavy atom. The molecule has 0 fully saturated rings. The van der Waals surface area contributed by atoms with E-state index in [1.165, 1.54) is 5.56 Å². The molecule has 2 aromatic carbocycles. The lowest BCUT2D eigenvalue weighted by molar-refractivity contribution is 0.102. The van der Waals surface area contributed by atoms with Crippen molar-refractivity contribution < 1.29 is 4.79 Å². The minimum Gasteiger partial charge on any atom is -0.384 e. The third-order valence-corrected chi connectivity index (χ3v) is 4.46. The van der Waals surface area contributed by atoms with Crippen LogP contribution in [0.15, 0.2) is 73.1 Å². The van der Waals surface area contributed by atoms with E-state index in [4.69, 9.17) is 0 Å². The number of carbonyl (C=O) groups excluding carboxylic acids is 1. The lowest BCUT2D eigenvalue weighted by Crippen LogP contribution is -2.13. The Kier molecular flexibility index (Phi) is 6.63. The largest absolute Gasteiger partial charge is 0.384 e. The van der Waals surface area contributed by atoms with Crippen LogP contribution in [0.25, 0.3) is 0 Å². The van der Waals surface area contributed by atoms with Crippen molar-refractivity contribution in [2.24, 2.45) is 0 Å². The summed E-state index contributed by atoms with van der Waals surface area (Å²) in [4.78, 5) is 18.7. The van der Waals surface area contributed by atoms with Gasteiger partial charge in [-0.2, -0.15) is 0 Å². The van der Waals surface area contributed by atoms with Crippen molar-refractivity contribution in [2.45, 2.75) is 12.8 Å². The van der Waals surface area contributed by atoms with E-state index in [1.807, 2.05) is 55.4 Å². The summed E-state index contributed by atoms with van der Waals surface area (Å²) in [6.45, 7) is 0.827. The average Bonchev–Trinajstić information content (AvgIpc) is 2.72. The fourth-order valence-electron chi connectivity index (χ4n) is 2.88. The van der Waals surface area contributed by atoms with Crippen LogP contribution in [0.2, 0.25) is 0 Å². The van der Waals surface area contributed by atoms with Crippen LogP contribution in [0, 0.1) is 0 Å². The number of aryl methyl sites for hydroxylation is 1. The molecule has 1 aromatic heterocycles. The van der Waals surface area contributed by atoms with E-state index in [2.05, 4.69) is 39.9 Å². The van der Waals surface area contributed by atoms with Gasteiger partial charge in [-0.3, -0.25) is 9.78 Å². The Balaban J connectivity index is 1.52. The highest BCUT2D eigenvalue weighted by Gasteiger charge is 2.08. The summed E-state index contributed by atoms with van der Waals surface area (Å²) < 4.78 is 0. The number of benzene rings is 2. The smallest absolute Gasteiger partial charge is 0.257 e. The molecule has 28 heavy (non-hydrogen) atoms. The SMILES string of the molecule is CN(C)c1ccc(NC(=O)c2cncc(NCCCc3ccccc3)c2)cc1. The van der Waals surface area contributed by atoms with E-state index < -0.39 is 0 Å². The lowest BCUT2D eigenvalue weighted by atomic mass is 10.1. The van der Waals surface area contributed by atoms with E-state index in [-0.39, 0.29) is 5.91 Å². The second-order valence-electron chi connectivity index (χ2n) is 6.87. The fraction of sp³-hybridized carbons (Fsp3) is 0.217. The molecular formula is C23H26N4O. The molecule has 0 radical (unpaired) electrons. The Bertz CT molecular complexity index is 892. The first-order valence-corrected chi connectivity index (χ1v) is 9.43. The lowest BCUT2D eigenvalue weighted by Gasteiger charge is -2.13. The molecule has 1 heterocycles. The monoisotopic (exact) mass is 374 g/mol. The molecular weight excluding hydrogens is 348 g/mol. The predicted molar refractivity (Wildman–Crippen MR) is 116 cm³/mol. The number of carbonyl (C=O) groups is 1. The molecule has 5 nitrogen and oxygen atoms in total. The first-order valence-electron chi connectivity index (χ1n) is 9.43. The van der Waals surface area contributed by atoms with Gasteiger partial charge in [0.05, 0.1) is 11.3 Å². The number of nitrogens with one attached hydrogen (secondary N) is 2. The van der Waals surface area contributed by atoms with Gasteiger partial charge < -0.3 is 15.5 Å². The predicted octanol–water partition coefficient (Wildman–Crippen LogP) is 4.44. The molecule has 0 saturated carbocycles. The van der Waals surface area contributed by atoms with Crippen LogP contribution in [0.5, 0.6) is 0 Å². The molecule has 0 atom stereocenters. The van der Waals surface area contributed by atoms with Crippen LogP contribution in [0.3, 0.4) is 0 Å². The van der Waals surface area contributed by atoms with Gasteiger partial charge in [-0.05, 0) is 48.7 Å². The Morgan fingerprint density at radius 1 is 0.964 bits per heavy atom. The molecule has 0 bridgehead atoms. The molecule has 3 rings (SSSR count). The maximum atomic E-state index is 12.5. The van der Waals surface area contributed by atoms with Gasteiger partial charge in [-0.1, -0.05) is 30.3 Å². The molecule has 0 aliphatic carbocycles. The average molecular weight is 374 g/mol. The van der Waals surface area contributed by atoms with Gasteiger partial charge >= 0.3 is 0 Å². The number of rotatable bonds is 8. The zero-order valence-electron chi connectivity index (χ0n) is 16.4. The van der Waals surface area contributed by atoms with Crippen molar-refractivity contribution >= 4 is 23.0 Å². The number of anilines is 3. The molecule has 144 valence electrons. The van der Waals surface area contributed by atoms with Crippen LogP contribution >= 0.6 is 0 Å². The third-order valence-electron chi connectivity index (χ3n) is 4.46. The molecule has 2 N–H and O–H groups in total. The molecule has 0 spiro atoms. The third kappa shape index (κ3) is 5.58. The number of hydrogen-bond donors (Lipinski definition) is 2. The van der Waals surface area contributed by atoms with E-state index >= 15 is 0 Å². The molecule has 5 heteroatoms. The summed E-state index contributed by atoms with van der Waals surface area (Å²) >= 11 is 0. The van der Waals surface area contributed by atoms with Crippen LogP contribution in [0.4, 0.5) is 17.1 Å². The fourth-order valence-corrected chi connectivity index (χ4v) is 2.88. The Labute approximate surface area is 166 Å². The van der Waals surface area contributed by atoms with Gasteiger partial charge in [-0.25, -0.2) is 0 Å². The molecule has 0 unspecified atom stereocenters. The van der Waals surface area contributed by atoms with Gasteiger partial charge in [0.1, 0.15) is 0 Å². The van der Waals surface area contributed by atoms with Crippen molar-refractivity contribution in [1.29, 1.82) is 0 Å². The van der Waals surface area contributed by atoms with E-state index in [9.17, 15) is 4.79 Å². The first kappa shape index (κ1) is 19.4.